The van der Waals surface area contributed by atoms with Gasteiger partial charge < -0.3 is 9.73 Å². The number of nitrogens with one attached hydrogen (secondary N) is 1. The van der Waals surface area contributed by atoms with Crippen LogP contribution in [0.1, 0.15) is 20.8 Å². The average molecular weight is 228 g/mol. The van der Waals surface area contributed by atoms with Crippen molar-refractivity contribution in [1.29, 1.82) is 0 Å². The predicted molar refractivity (Wildman–Crippen MR) is 56.4 cm³/mol. The number of rotatable bonds is 0. The van der Waals surface area contributed by atoms with E-state index >= 15 is 0 Å². The van der Waals surface area contributed by atoms with Crippen molar-refractivity contribution in [3.8, 4) is 0 Å². The first kappa shape index (κ1) is 10.2. The fourth-order valence-corrected chi connectivity index (χ4v) is 2.44. The van der Waals surface area contributed by atoms with Crippen molar-refractivity contribution < 1.29 is 12.8 Å². The Kier molecular flexibility index (Phi) is 1.94. The standard InChI is InChI=1S/C9H12N2O3S/c1-9(2,3)8-10-6-4-5-14-7(6)15(12,13)11-8/h4-5H,1-3H3,(H,10,11). The number of hydrogen-bond donors (Lipinski definition) is 1. The molecule has 82 valence electrons. The molecule has 0 spiro atoms. The summed E-state index contributed by atoms with van der Waals surface area (Å²) in [7, 11) is -3.67. The SMILES string of the molecule is CC(C)(C)C1=NS(=O)(=O)c2occc2N1. The van der Waals surface area contributed by atoms with E-state index in [1.54, 1.807) is 6.07 Å². The van der Waals surface area contributed by atoms with Gasteiger partial charge in [-0.05, 0) is 0 Å². The van der Waals surface area contributed by atoms with Gasteiger partial charge in [-0.25, -0.2) is 0 Å². The zero-order chi connectivity index (χ0) is 11.3. The van der Waals surface area contributed by atoms with Gasteiger partial charge in [0.05, 0.1) is 6.26 Å². The van der Waals surface area contributed by atoms with Gasteiger partial charge in [-0.15, -0.1) is 4.40 Å². The Labute approximate surface area is 88.3 Å². The Bertz CT molecular complexity index is 520. The first-order valence-corrected chi connectivity index (χ1v) is 5.95. The van der Waals surface area contributed by atoms with E-state index in [4.69, 9.17) is 4.42 Å². The molecule has 0 aromatic carbocycles. The van der Waals surface area contributed by atoms with Crippen LogP contribution in [0.5, 0.6) is 0 Å². The van der Waals surface area contributed by atoms with Crippen LogP contribution in [0.3, 0.4) is 0 Å². The normalized spacial score (nSPS) is 19.0. The molecule has 1 aliphatic heterocycles. The quantitative estimate of drug-likeness (QED) is 0.735. The van der Waals surface area contributed by atoms with Gasteiger partial charge in [0.15, 0.2) is 0 Å². The van der Waals surface area contributed by atoms with Crippen LogP contribution in [0.15, 0.2) is 26.2 Å². The second-order valence-electron chi connectivity index (χ2n) is 4.41. The lowest BCUT2D eigenvalue weighted by Gasteiger charge is -2.24. The average Bonchev–Trinajstić information content (AvgIpc) is 2.49. The Balaban J connectivity index is 2.58. The molecular weight excluding hydrogens is 216 g/mol. The number of sulfonamides is 1. The Hall–Kier alpha value is -1.30. The minimum absolute atomic E-state index is 0.115. The summed E-state index contributed by atoms with van der Waals surface area (Å²) in [5.41, 5.74) is 0.108. The monoisotopic (exact) mass is 228 g/mol. The maximum Gasteiger partial charge on any atom is 0.319 e. The molecule has 1 N–H and O–H groups in total. The van der Waals surface area contributed by atoms with Crippen molar-refractivity contribution in [1.82, 2.24) is 0 Å². The molecule has 0 saturated heterocycles. The molecule has 0 atom stereocenters. The van der Waals surface area contributed by atoms with E-state index in [0.29, 0.717) is 11.5 Å². The maximum absolute atomic E-state index is 11.7. The second-order valence-corrected chi connectivity index (χ2v) is 5.92. The summed E-state index contributed by atoms with van der Waals surface area (Å²) in [5, 5.41) is 2.83. The van der Waals surface area contributed by atoms with Crippen LogP contribution in [0.2, 0.25) is 0 Å². The van der Waals surface area contributed by atoms with Crippen LogP contribution in [0.25, 0.3) is 0 Å². The Morgan fingerprint density at radius 1 is 1.40 bits per heavy atom. The minimum Gasteiger partial charge on any atom is -0.450 e. The van der Waals surface area contributed by atoms with Gasteiger partial charge in [0.2, 0.25) is 0 Å². The highest BCUT2D eigenvalue weighted by Crippen LogP contribution is 2.31. The Morgan fingerprint density at radius 2 is 2.07 bits per heavy atom. The van der Waals surface area contributed by atoms with Gasteiger partial charge >= 0.3 is 10.0 Å². The number of amidine groups is 1. The van der Waals surface area contributed by atoms with Gasteiger partial charge in [0, 0.05) is 11.5 Å². The number of fused-ring (bicyclic) bond motifs is 1. The largest absolute Gasteiger partial charge is 0.450 e. The highest BCUT2D eigenvalue weighted by molar-refractivity contribution is 7.90. The zero-order valence-electron chi connectivity index (χ0n) is 8.73. The number of anilines is 1. The van der Waals surface area contributed by atoms with Crippen LogP contribution in [-0.4, -0.2) is 14.3 Å². The van der Waals surface area contributed by atoms with E-state index in [9.17, 15) is 8.42 Å². The number of nitrogens with zero attached hydrogens (tertiary/aromatic N) is 1. The minimum atomic E-state index is -3.67. The molecule has 0 saturated carbocycles. The van der Waals surface area contributed by atoms with Gasteiger partial charge in [-0.2, -0.15) is 8.42 Å². The zero-order valence-corrected chi connectivity index (χ0v) is 9.55. The molecule has 6 heteroatoms. The van der Waals surface area contributed by atoms with Crippen LogP contribution in [0, 0.1) is 5.41 Å². The highest BCUT2D eigenvalue weighted by Gasteiger charge is 2.32. The van der Waals surface area contributed by atoms with E-state index in [2.05, 4.69) is 9.71 Å². The van der Waals surface area contributed by atoms with E-state index in [1.165, 1.54) is 6.26 Å². The number of hydrogen-bond acceptors (Lipinski definition) is 4. The lowest BCUT2D eigenvalue weighted by Crippen LogP contribution is -2.32. The Morgan fingerprint density at radius 3 is 2.67 bits per heavy atom. The van der Waals surface area contributed by atoms with Gasteiger partial charge in [0.1, 0.15) is 11.5 Å². The molecule has 0 amide bonds. The first-order chi connectivity index (χ1) is 6.81. The lowest BCUT2D eigenvalue weighted by molar-refractivity contribution is 0.451. The smallest absolute Gasteiger partial charge is 0.319 e. The van der Waals surface area contributed by atoms with Crippen LogP contribution >= 0.6 is 0 Å². The fourth-order valence-electron chi connectivity index (χ4n) is 1.22. The molecule has 0 fully saturated rings. The molecule has 5 nitrogen and oxygen atoms in total. The third-order valence-corrected chi connectivity index (χ3v) is 3.25. The van der Waals surface area contributed by atoms with Crippen LogP contribution < -0.4 is 5.32 Å². The van der Waals surface area contributed by atoms with Crippen molar-refractivity contribution in [3.63, 3.8) is 0 Å². The third kappa shape index (κ3) is 1.65. The second kappa shape index (κ2) is 2.85. The van der Waals surface area contributed by atoms with Gasteiger partial charge in [-0.3, -0.25) is 0 Å². The maximum atomic E-state index is 11.7. The van der Waals surface area contributed by atoms with E-state index in [1.807, 2.05) is 20.8 Å². The summed E-state index contributed by atoms with van der Waals surface area (Å²) in [4.78, 5) is 0. The molecule has 1 aromatic heterocycles. The number of furan rings is 1. The van der Waals surface area contributed by atoms with Crippen molar-refractivity contribution in [2.45, 2.75) is 25.9 Å². The topological polar surface area (TPSA) is 71.7 Å². The van der Waals surface area contributed by atoms with Crippen molar-refractivity contribution in [3.05, 3.63) is 12.3 Å². The molecule has 2 rings (SSSR count). The molecule has 15 heavy (non-hydrogen) atoms. The summed E-state index contributed by atoms with van der Waals surface area (Å²) in [6.07, 6.45) is 1.33. The third-order valence-electron chi connectivity index (χ3n) is 2.04. The molecule has 2 heterocycles. The fraction of sp³-hybridized carbons (Fsp3) is 0.444. The molecular formula is C9H12N2O3S. The molecule has 0 unspecified atom stereocenters. The van der Waals surface area contributed by atoms with Gasteiger partial charge in [-0.1, -0.05) is 20.8 Å². The summed E-state index contributed by atoms with van der Waals surface area (Å²) < 4.78 is 31.9. The molecule has 0 bridgehead atoms. The summed E-state index contributed by atoms with van der Waals surface area (Å²) in [5.74, 6) is 0.427. The van der Waals surface area contributed by atoms with Crippen LogP contribution in [-0.2, 0) is 10.0 Å². The summed E-state index contributed by atoms with van der Waals surface area (Å²) in [6.45, 7) is 5.66. The van der Waals surface area contributed by atoms with Crippen LogP contribution in [0.4, 0.5) is 5.69 Å². The molecule has 0 aliphatic carbocycles. The van der Waals surface area contributed by atoms with E-state index < -0.39 is 10.0 Å². The van der Waals surface area contributed by atoms with E-state index in [0.717, 1.165) is 0 Å². The van der Waals surface area contributed by atoms with Crippen molar-refractivity contribution >= 4 is 21.5 Å². The molecule has 0 radical (unpaired) electrons. The molecule has 1 aromatic rings. The molecule has 1 aliphatic rings. The predicted octanol–water partition coefficient (Wildman–Crippen LogP) is 1.84. The van der Waals surface area contributed by atoms with Crippen molar-refractivity contribution in [2.24, 2.45) is 9.81 Å². The van der Waals surface area contributed by atoms with Crippen molar-refractivity contribution in [2.75, 3.05) is 5.32 Å². The summed E-state index contributed by atoms with van der Waals surface area (Å²) in [6, 6.07) is 1.58. The lowest BCUT2D eigenvalue weighted by atomic mass is 9.95. The highest BCUT2D eigenvalue weighted by atomic mass is 32.2. The van der Waals surface area contributed by atoms with E-state index in [-0.39, 0.29) is 10.5 Å². The van der Waals surface area contributed by atoms with Gasteiger partial charge in [0.25, 0.3) is 5.09 Å². The summed E-state index contributed by atoms with van der Waals surface area (Å²) >= 11 is 0. The first-order valence-electron chi connectivity index (χ1n) is 4.51.